The average molecular weight is 346 g/mol. The molecule has 0 aliphatic carbocycles. The maximum atomic E-state index is 13.4. The highest BCUT2D eigenvalue weighted by atomic mass is 19.3. The fourth-order valence-electron chi connectivity index (χ4n) is 3.30. The lowest BCUT2D eigenvalue weighted by Gasteiger charge is -2.36. The molecular formula is C21H28F2N2. The number of hydrogen-bond donors (Lipinski definition) is 0. The van der Waals surface area contributed by atoms with Gasteiger partial charge in [0.15, 0.2) is 0 Å². The van der Waals surface area contributed by atoms with Crippen molar-refractivity contribution in [3.63, 3.8) is 0 Å². The molecule has 136 valence electrons. The van der Waals surface area contributed by atoms with Crippen LogP contribution in [0.4, 0.5) is 8.78 Å². The maximum Gasteiger partial charge on any atom is 0.245 e. The van der Waals surface area contributed by atoms with Crippen molar-refractivity contribution in [2.24, 2.45) is 0 Å². The highest BCUT2D eigenvalue weighted by Gasteiger charge is 2.28. The zero-order chi connectivity index (χ0) is 18.6. The van der Waals surface area contributed by atoms with Crippen LogP contribution in [0.15, 0.2) is 60.3 Å². The number of aryl methyl sites for hydroxylation is 1. The van der Waals surface area contributed by atoms with Crippen LogP contribution >= 0.6 is 0 Å². The van der Waals surface area contributed by atoms with Gasteiger partial charge in [0.05, 0.1) is 6.04 Å². The molecule has 0 fully saturated rings. The smallest absolute Gasteiger partial charge is 0.245 e. The number of likely N-dealkylation sites (N-methyl/N-ethyl adjacent to an activating group) is 2. The largest absolute Gasteiger partial charge is 0.370 e. The van der Waals surface area contributed by atoms with Crippen LogP contribution in [0.1, 0.15) is 30.5 Å². The molecule has 1 aliphatic rings. The van der Waals surface area contributed by atoms with Crippen molar-refractivity contribution in [1.29, 1.82) is 0 Å². The van der Waals surface area contributed by atoms with Gasteiger partial charge in [0.2, 0.25) is 5.92 Å². The normalized spacial score (nSPS) is 18.2. The summed E-state index contributed by atoms with van der Waals surface area (Å²) in [5.74, 6) is -2.65. The molecular weight excluding hydrogens is 318 g/mol. The van der Waals surface area contributed by atoms with Gasteiger partial charge in [-0.25, -0.2) is 8.78 Å². The van der Waals surface area contributed by atoms with E-state index in [4.69, 9.17) is 0 Å². The Hall–Kier alpha value is -1.94. The number of hydrogen-bond acceptors (Lipinski definition) is 2. The van der Waals surface area contributed by atoms with Crippen molar-refractivity contribution in [2.75, 3.05) is 27.7 Å². The molecule has 0 aromatic heterocycles. The molecule has 0 bridgehead atoms. The Morgan fingerprint density at radius 3 is 2.56 bits per heavy atom. The average Bonchev–Trinajstić information content (AvgIpc) is 2.53. The van der Waals surface area contributed by atoms with Crippen LogP contribution in [-0.2, 0) is 6.42 Å². The molecule has 2 nitrogen and oxygen atoms in total. The van der Waals surface area contributed by atoms with E-state index in [1.54, 1.807) is 0 Å². The van der Waals surface area contributed by atoms with Gasteiger partial charge in [-0.15, -0.1) is 0 Å². The van der Waals surface area contributed by atoms with E-state index in [0.717, 1.165) is 30.2 Å². The highest BCUT2D eigenvalue weighted by Crippen LogP contribution is 2.37. The second-order valence-electron chi connectivity index (χ2n) is 7.08. The lowest BCUT2D eigenvalue weighted by atomic mass is 9.86. The molecule has 1 atom stereocenters. The summed E-state index contributed by atoms with van der Waals surface area (Å²) in [5.41, 5.74) is 4.42. The number of allylic oxidation sites excluding steroid dienone is 3. The van der Waals surface area contributed by atoms with Crippen molar-refractivity contribution in [1.82, 2.24) is 9.80 Å². The summed E-state index contributed by atoms with van der Waals surface area (Å²) in [7, 11) is 6.10. The van der Waals surface area contributed by atoms with Gasteiger partial charge in [-0.3, -0.25) is 0 Å². The van der Waals surface area contributed by atoms with Gasteiger partial charge < -0.3 is 9.80 Å². The Labute approximate surface area is 150 Å². The summed E-state index contributed by atoms with van der Waals surface area (Å²) in [6, 6.07) is 7.96. The molecule has 0 spiro atoms. The molecule has 1 aromatic carbocycles. The Balaban J connectivity index is 2.45. The lowest BCUT2D eigenvalue weighted by Crippen LogP contribution is -2.30. The first-order valence-corrected chi connectivity index (χ1v) is 8.59. The lowest BCUT2D eigenvalue weighted by molar-refractivity contribution is 0.0132. The Morgan fingerprint density at radius 1 is 1.28 bits per heavy atom. The number of halogens is 2. The minimum absolute atomic E-state index is 0.0297. The number of rotatable bonds is 7. The molecule has 0 N–H and O–H groups in total. The summed E-state index contributed by atoms with van der Waals surface area (Å²) >= 11 is 0. The third kappa shape index (κ3) is 5.02. The van der Waals surface area contributed by atoms with Gasteiger partial charge in [0.25, 0.3) is 0 Å². The summed E-state index contributed by atoms with van der Waals surface area (Å²) < 4.78 is 26.7. The van der Waals surface area contributed by atoms with Crippen molar-refractivity contribution >= 4 is 0 Å². The topological polar surface area (TPSA) is 6.48 Å². The standard InChI is InChI=1S/C21H28F2N2/c1-6-16-12-14-25(5)20(19(16)15-24(3)4)18-10-8-7-9-17(18)11-13-21(2,22)23/h6-10,12,14,20H,1,11,13,15H2,2-5H3. The summed E-state index contributed by atoms with van der Waals surface area (Å²) in [5, 5.41) is 0. The second-order valence-corrected chi connectivity index (χ2v) is 7.08. The fraction of sp³-hybridized carbons (Fsp3) is 0.429. The second kappa shape index (κ2) is 7.96. The summed E-state index contributed by atoms with van der Waals surface area (Å²) in [6.45, 7) is 5.72. The fourth-order valence-corrected chi connectivity index (χ4v) is 3.30. The molecule has 1 heterocycles. The van der Waals surface area contributed by atoms with Crippen molar-refractivity contribution < 1.29 is 8.78 Å². The predicted octanol–water partition coefficient (Wildman–Crippen LogP) is 4.82. The van der Waals surface area contributed by atoms with Gasteiger partial charge in [-0.1, -0.05) is 36.9 Å². The van der Waals surface area contributed by atoms with Crippen LogP contribution in [0.2, 0.25) is 0 Å². The van der Waals surface area contributed by atoms with E-state index in [9.17, 15) is 8.78 Å². The number of alkyl halides is 2. The van der Waals surface area contributed by atoms with E-state index in [1.165, 1.54) is 5.57 Å². The van der Waals surface area contributed by atoms with Gasteiger partial charge in [-0.2, -0.15) is 0 Å². The van der Waals surface area contributed by atoms with E-state index in [1.807, 2.05) is 51.6 Å². The van der Waals surface area contributed by atoms with Crippen molar-refractivity contribution in [2.45, 2.75) is 31.7 Å². The van der Waals surface area contributed by atoms with Crippen LogP contribution < -0.4 is 0 Å². The Morgan fingerprint density at radius 2 is 1.96 bits per heavy atom. The molecule has 2 rings (SSSR count). The predicted molar refractivity (Wildman–Crippen MR) is 101 cm³/mol. The molecule has 0 saturated heterocycles. The zero-order valence-corrected chi connectivity index (χ0v) is 15.6. The molecule has 4 heteroatoms. The summed E-state index contributed by atoms with van der Waals surface area (Å²) in [4.78, 5) is 4.27. The van der Waals surface area contributed by atoms with E-state index < -0.39 is 5.92 Å². The van der Waals surface area contributed by atoms with E-state index >= 15 is 0 Å². The Bertz CT molecular complexity index is 669. The van der Waals surface area contributed by atoms with Gasteiger partial charge >= 0.3 is 0 Å². The van der Waals surface area contributed by atoms with E-state index in [2.05, 4.69) is 28.5 Å². The van der Waals surface area contributed by atoms with Crippen LogP contribution in [0.25, 0.3) is 0 Å². The first-order chi connectivity index (χ1) is 11.7. The Kier molecular flexibility index (Phi) is 6.17. The van der Waals surface area contributed by atoms with Crippen molar-refractivity contribution in [3.8, 4) is 0 Å². The third-order valence-electron chi connectivity index (χ3n) is 4.49. The summed E-state index contributed by atoms with van der Waals surface area (Å²) in [6.07, 6.45) is 6.19. The van der Waals surface area contributed by atoms with Crippen LogP contribution in [0.3, 0.4) is 0 Å². The minimum Gasteiger partial charge on any atom is -0.370 e. The molecule has 25 heavy (non-hydrogen) atoms. The third-order valence-corrected chi connectivity index (χ3v) is 4.49. The molecule has 0 saturated carbocycles. The quantitative estimate of drug-likeness (QED) is 0.698. The van der Waals surface area contributed by atoms with Gasteiger partial charge in [-0.05, 0) is 55.8 Å². The molecule has 1 unspecified atom stereocenters. The SMILES string of the molecule is C=CC1=C(CN(C)C)C(c2ccccc2CCC(C)(F)F)N(C)C=C1. The van der Waals surface area contributed by atoms with Crippen LogP contribution in [0, 0.1) is 0 Å². The van der Waals surface area contributed by atoms with Crippen LogP contribution in [0.5, 0.6) is 0 Å². The number of nitrogens with zero attached hydrogens (tertiary/aromatic N) is 2. The molecule has 1 aromatic rings. The number of benzene rings is 1. The monoisotopic (exact) mass is 346 g/mol. The maximum absolute atomic E-state index is 13.4. The molecule has 1 aliphatic heterocycles. The molecule has 0 amide bonds. The van der Waals surface area contributed by atoms with Crippen LogP contribution in [-0.4, -0.2) is 43.4 Å². The molecule has 0 radical (unpaired) electrons. The first kappa shape index (κ1) is 19.4. The minimum atomic E-state index is -2.65. The van der Waals surface area contributed by atoms with Crippen molar-refractivity contribution in [3.05, 3.63) is 71.5 Å². The van der Waals surface area contributed by atoms with Gasteiger partial charge in [0, 0.05) is 26.2 Å². The first-order valence-electron chi connectivity index (χ1n) is 8.59. The van der Waals surface area contributed by atoms with E-state index in [0.29, 0.717) is 6.42 Å². The van der Waals surface area contributed by atoms with E-state index in [-0.39, 0.29) is 12.5 Å². The van der Waals surface area contributed by atoms with Gasteiger partial charge in [0.1, 0.15) is 0 Å². The highest BCUT2D eigenvalue weighted by molar-refractivity contribution is 5.46. The zero-order valence-electron chi connectivity index (χ0n) is 15.6.